The van der Waals surface area contributed by atoms with E-state index >= 15 is 0 Å². The van der Waals surface area contributed by atoms with Crippen LogP contribution in [0.5, 0.6) is 0 Å². The number of rotatable bonds is 3. The molecule has 0 bridgehead atoms. The predicted octanol–water partition coefficient (Wildman–Crippen LogP) is 2.27. The summed E-state index contributed by atoms with van der Waals surface area (Å²) < 4.78 is 0. The number of H-pyrrole nitrogens is 1. The Hall–Kier alpha value is -1.66. The molecular weight excluding hydrogens is 296 g/mol. The van der Waals surface area contributed by atoms with Gasteiger partial charge in [0.2, 0.25) is 0 Å². The number of aromatic amines is 1. The zero-order chi connectivity index (χ0) is 14.9. The topological polar surface area (TPSA) is 52.2 Å². The summed E-state index contributed by atoms with van der Waals surface area (Å²) in [4.78, 5) is 17.0. The number of nitrogens with zero attached hydrogens (tertiary/aromatic N) is 3. The summed E-state index contributed by atoms with van der Waals surface area (Å²) in [5.41, 5.74) is 4.25. The summed E-state index contributed by atoms with van der Waals surface area (Å²) in [5.74, 6) is 0.104. The van der Waals surface area contributed by atoms with E-state index in [1.807, 2.05) is 4.90 Å². The second-order valence-electron chi connectivity index (χ2n) is 6.12. The largest absolute Gasteiger partial charge is 0.337 e. The van der Waals surface area contributed by atoms with Crippen molar-refractivity contribution in [2.75, 3.05) is 19.6 Å². The molecule has 0 spiro atoms. The van der Waals surface area contributed by atoms with Crippen LogP contribution in [0.15, 0.2) is 16.8 Å². The highest BCUT2D eigenvalue weighted by Gasteiger charge is 2.29. The number of carbonyl (C=O) groups is 1. The number of nitrogens with one attached hydrogen (secondary N) is 1. The van der Waals surface area contributed by atoms with E-state index in [9.17, 15) is 4.79 Å². The van der Waals surface area contributed by atoms with Crippen molar-refractivity contribution in [1.29, 1.82) is 0 Å². The zero-order valence-corrected chi connectivity index (χ0v) is 13.4. The van der Waals surface area contributed by atoms with Gasteiger partial charge < -0.3 is 4.90 Å². The van der Waals surface area contributed by atoms with E-state index < -0.39 is 0 Å². The molecule has 0 aromatic carbocycles. The molecule has 22 heavy (non-hydrogen) atoms. The average molecular weight is 316 g/mol. The van der Waals surface area contributed by atoms with Gasteiger partial charge in [-0.1, -0.05) is 0 Å². The molecule has 4 rings (SSSR count). The molecule has 0 aliphatic carbocycles. The van der Waals surface area contributed by atoms with E-state index in [4.69, 9.17) is 0 Å². The Bertz CT molecular complexity index is 658. The SMILES string of the molecule is O=C(c1n[nH]c2c1CN(Cc1ccsc1)CC2)N1CCCC1. The smallest absolute Gasteiger partial charge is 0.274 e. The molecule has 2 aromatic heterocycles. The molecule has 5 nitrogen and oxygen atoms in total. The molecule has 4 heterocycles. The predicted molar refractivity (Wildman–Crippen MR) is 85.9 cm³/mol. The molecular formula is C16H20N4OS. The quantitative estimate of drug-likeness (QED) is 0.945. The summed E-state index contributed by atoms with van der Waals surface area (Å²) >= 11 is 1.73. The van der Waals surface area contributed by atoms with E-state index in [1.165, 1.54) is 5.56 Å². The number of carbonyl (C=O) groups excluding carboxylic acids is 1. The summed E-state index contributed by atoms with van der Waals surface area (Å²) in [6.07, 6.45) is 3.17. The van der Waals surface area contributed by atoms with E-state index in [0.717, 1.165) is 63.2 Å². The fraction of sp³-hybridized carbons (Fsp3) is 0.500. The Morgan fingerprint density at radius 3 is 2.95 bits per heavy atom. The molecule has 6 heteroatoms. The van der Waals surface area contributed by atoms with Crippen LogP contribution in [-0.4, -0.2) is 45.5 Å². The van der Waals surface area contributed by atoms with Crippen LogP contribution in [0.1, 0.15) is 40.2 Å². The lowest BCUT2D eigenvalue weighted by Gasteiger charge is -2.27. The van der Waals surface area contributed by atoms with Crippen molar-refractivity contribution < 1.29 is 4.79 Å². The maximum Gasteiger partial charge on any atom is 0.274 e. The molecule has 1 fully saturated rings. The number of likely N-dealkylation sites (tertiary alicyclic amines) is 1. The van der Waals surface area contributed by atoms with E-state index in [2.05, 4.69) is 31.9 Å². The second kappa shape index (κ2) is 5.85. The zero-order valence-electron chi connectivity index (χ0n) is 12.5. The van der Waals surface area contributed by atoms with Gasteiger partial charge in [-0.25, -0.2) is 0 Å². The molecule has 2 aliphatic rings. The van der Waals surface area contributed by atoms with Gasteiger partial charge in [0.15, 0.2) is 5.69 Å². The highest BCUT2D eigenvalue weighted by molar-refractivity contribution is 7.07. The van der Waals surface area contributed by atoms with Crippen LogP contribution in [0.3, 0.4) is 0 Å². The number of hydrogen-bond donors (Lipinski definition) is 1. The van der Waals surface area contributed by atoms with Gasteiger partial charge in [-0.15, -0.1) is 0 Å². The van der Waals surface area contributed by atoms with E-state index in [0.29, 0.717) is 5.69 Å². The number of fused-ring (bicyclic) bond motifs is 1. The first-order valence-electron chi connectivity index (χ1n) is 7.90. The molecule has 116 valence electrons. The summed E-state index contributed by atoms with van der Waals surface area (Å²) in [5, 5.41) is 11.7. The summed E-state index contributed by atoms with van der Waals surface area (Å²) in [7, 11) is 0. The third-order valence-corrected chi connectivity index (χ3v) is 5.33. The second-order valence-corrected chi connectivity index (χ2v) is 6.90. The minimum absolute atomic E-state index is 0.104. The lowest BCUT2D eigenvalue weighted by atomic mass is 10.0. The Labute approximate surface area is 133 Å². The van der Waals surface area contributed by atoms with Crippen molar-refractivity contribution >= 4 is 17.2 Å². The van der Waals surface area contributed by atoms with Crippen molar-refractivity contribution in [2.24, 2.45) is 0 Å². The number of thiophene rings is 1. The number of aromatic nitrogens is 2. The van der Waals surface area contributed by atoms with Gasteiger partial charge in [0.05, 0.1) is 0 Å². The van der Waals surface area contributed by atoms with Crippen LogP contribution in [-0.2, 0) is 19.5 Å². The van der Waals surface area contributed by atoms with Crippen molar-refractivity contribution in [3.8, 4) is 0 Å². The van der Waals surface area contributed by atoms with Gasteiger partial charge in [0, 0.05) is 50.4 Å². The Balaban J connectivity index is 1.52. The van der Waals surface area contributed by atoms with Crippen molar-refractivity contribution in [3.05, 3.63) is 39.3 Å². The Morgan fingerprint density at radius 2 is 2.18 bits per heavy atom. The van der Waals surface area contributed by atoms with Crippen LogP contribution >= 0.6 is 11.3 Å². The van der Waals surface area contributed by atoms with Gasteiger partial charge in [-0.3, -0.25) is 14.8 Å². The van der Waals surface area contributed by atoms with Crippen LogP contribution in [0.25, 0.3) is 0 Å². The fourth-order valence-corrected chi connectivity index (χ4v) is 4.03. The van der Waals surface area contributed by atoms with E-state index in [1.54, 1.807) is 11.3 Å². The van der Waals surface area contributed by atoms with Gasteiger partial charge in [-0.05, 0) is 35.2 Å². The lowest BCUT2D eigenvalue weighted by Crippen LogP contribution is -2.33. The van der Waals surface area contributed by atoms with Gasteiger partial charge in [0.25, 0.3) is 5.91 Å². The van der Waals surface area contributed by atoms with Gasteiger partial charge in [-0.2, -0.15) is 16.4 Å². The first-order valence-corrected chi connectivity index (χ1v) is 8.84. The number of amides is 1. The summed E-state index contributed by atoms with van der Waals surface area (Å²) in [6, 6.07) is 2.17. The van der Waals surface area contributed by atoms with Crippen LogP contribution in [0, 0.1) is 0 Å². The van der Waals surface area contributed by atoms with Crippen molar-refractivity contribution in [3.63, 3.8) is 0 Å². The maximum atomic E-state index is 12.6. The molecule has 1 saturated heterocycles. The van der Waals surface area contributed by atoms with Crippen molar-refractivity contribution in [2.45, 2.75) is 32.4 Å². The molecule has 2 aliphatic heterocycles. The monoisotopic (exact) mass is 316 g/mol. The molecule has 1 amide bonds. The first-order chi connectivity index (χ1) is 10.8. The van der Waals surface area contributed by atoms with Gasteiger partial charge >= 0.3 is 0 Å². The minimum Gasteiger partial charge on any atom is -0.337 e. The van der Waals surface area contributed by atoms with Gasteiger partial charge in [0.1, 0.15) is 0 Å². The molecule has 0 radical (unpaired) electrons. The van der Waals surface area contributed by atoms with Crippen LogP contribution < -0.4 is 0 Å². The Morgan fingerprint density at radius 1 is 1.32 bits per heavy atom. The molecule has 2 aromatic rings. The van der Waals surface area contributed by atoms with Crippen LogP contribution in [0.2, 0.25) is 0 Å². The number of hydrogen-bond acceptors (Lipinski definition) is 4. The molecule has 0 atom stereocenters. The van der Waals surface area contributed by atoms with Crippen LogP contribution in [0.4, 0.5) is 0 Å². The summed E-state index contributed by atoms with van der Waals surface area (Å²) in [6.45, 7) is 4.53. The van der Waals surface area contributed by atoms with Crippen molar-refractivity contribution in [1.82, 2.24) is 20.0 Å². The Kier molecular flexibility index (Phi) is 3.72. The highest BCUT2D eigenvalue weighted by atomic mass is 32.1. The highest BCUT2D eigenvalue weighted by Crippen LogP contribution is 2.24. The third kappa shape index (κ3) is 2.57. The first kappa shape index (κ1) is 14.0. The maximum absolute atomic E-state index is 12.6. The fourth-order valence-electron chi connectivity index (χ4n) is 3.37. The molecule has 1 N–H and O–H groups in total. The average Bonchev–Trinajstić information content (AvgIpc) is 3.28. The van der Waals surface area contributed by atoms with E-state index in [-0.39, 0.29) is 5.91 Å². The molecule has 0 unspecified atom stereocenters. The lowest BCUT2D eigenvalue weighted by molar-refractivity contribution is 0.0784. The standard InChI is InChI=1S/C16H20N4OS/c21-16(20-5-1-2-6-20)15-13-10-19(7-3-14(13)17-18-15)9-12-4-8-22-11-12/h4,8,11H,1-3,5-7,9-10H2,(H,17,18). The molecule has 0 saturated carbocycles. The normalized spacial score (nSPS) is 18.6. The minimum atomic E-state index is 0.104. The third-order valence-electron chi connectivity index (χ3n) is 4.59.